The molecule has 0 unspecified atom stereocenters. The highest BCUT2D eigenvalue weighted by molar-refractivity contribution is 7.99. The maximum absolute atomic E-state index is 12.1. The van der Waals surface area contributed by atoms with Gasteiger partial charge in [0.1, 0.15) is 11.3 Å². The van der Waals surface area contributed by atoms with Crippen molar-refractivity contribution in [2.75, 3.05) is 12.9 Å². The van der Waals surface area contributed by atoms with Gasteiger partial charge in [0.2, 0.25) is 11.1 Å². The van der Waals surface area contributed by atoms with Gasteiger partial charge >= 0.3 is 0 Å². The lowest BCUT2D eigenvalue weighted by molar-refractivity contribution is -0.118. The maximum Gasteiger partial charge on any atom is 0.230 e. The van der Waals surface area contributed by atoms with E-state index in [-0.39, 0.29) is 11.7 Å². The van der Waals surface area contributed by atoms with E-state index in [1.807, 2.05) is 48.5 Å². The summed E-state index contributed by atoms with van der Waals surface area (Å²) in [5.74, 6) is 0.891. The van der Waals surface area contributed by atoms with Crippen LogP contribution in [0.4, 0.5) is 0 Å². The average Bonchev–Trinajstić information content (AvgIpc) is 3.08. The van der Waals surface area contributed by atoms with Crippen LogP contribution in [0.3, 0.4) is 0 Å². The van der Waals surface area contributed by atoms with E-state index < -0.39 is 0 Å². The number of rotatable bonds is 6. The van der Waals surface area contributed by atoms with Crippen LogP contribution in [-0.4, -0.2) is 38.9 Å². The largest absolute Gasteiger partial charge is 0.497 e. The summed E-state index contributed by atoms with van der Waals surface area (Å²) in [6.45, 7) is 0.441. The standard InChI is InChI=1S/C19H17N5O2S/c1-26-13-6-4-5-12(9-13)10-20-16(25)11-27-19-22-18-17(23-24-19)14-7-2-3-8-15(14)21-18/h2-9H,10-11H2,1H3,(H,20,25)(H,21,22,24). The fourth-order valence-electron chi connectivity index (χ4n) is 2.73. The molecule has 7 nitrogen and oxygen atoms in total. The summed E-state index contributed by atoms with van der Waals surface area (Å²) in [6.07, 6.45) is 0. The average molecular weight is 379 g/mol. The van der Waals surface area contributed by atoms with E-state index in [0.717, 1.165) is 27.7 Å². The molecule has 2 aromatic heterocycles. The molecule has 4 aromatic rings. The van der Waals surface area contributed by atoms with Gasteiger partial charge in [-0.25, -0.2) is 4.98 Å². The third-order valence-electron chi connectivity index (χ3n) is 4.06. The molecule has 0 aliphatic heterocycles. The molecular weight excluding hydrogens is 362 g/mol. The molecule has 0 saturated heterocycles. The van der Waals surface area contributed by atoms with Gasteiger partial charge < -0.3 is 15.0 Å². The number of aromatic nitrogens is 4. The topological polar surface area (TPSA) is 92.8 Å². The van der Waals surface area contributed by atoms with Crippen molar-refractivity contribution in [1.82, 2.24) is 25.5 Å². The summed E-state index contributed by atoms with van der Waals surface area (Å²) in [6, 6.07) is 15.4. The van der Waals surface area contributed by atoms with Crippen molar-refractivity contribution in [2.45, 2.75) is 11.7 Å². The summed E-state index contributed by atoms with van der Waals surface area (Å²) in [4.78, 5) is 19.8. The van der Waals surface area contributed by atoms with E-state index in [4.69, 9.17) is 4.74 Å². The number of ether oxygens (including phenoxy) is 1. The highest BCUT2D eigenvalue weighted by atomic mass is 32.2. The van der Waals surface area contributed by atoms with Crippen LogP contribution in [0.5, 0.6) is 5.75 Å². The number of carbonyl (C=O) groups excluding carboxylic acids is 1. The van der Waals surface area contributed by atoms with Gasteiger partial charge in [-0.2, -0.15) is 0 Å². The van der Waals surface area contributed by atoms with Crippen LogP contribution in [0.15, 0.2) is 53.7 Å². The van der Waals surface area contributed by atoms with Gasteiger partial charge in [0.15, 0.2) is 5.65 Å². The van der Waals surface area contributed by atoms with E-state index >= 15 is 0 Å². The van der Waals surface area contributed by atoms with Crippen LogP contribution in [0.2, 0.25) is 0 Å². The van der Waals surface area contributed by atoms with E-state index in [2.05, 4.69) is 25.5 Å². The van der Waals surface area contributed by atoms with Crippen LogP contribution in [0.1, 0.15) is 5.56 Å². The van der Waals surface area contributed by atoms with E-state index in [1.54, 1.807) is 7.11 Å². The Morgan fingerprint density at radius 1 is 1.19 bits per heavy atom. The second-order valence-corrected chi connectivity index (χ2v) is 6.82. The van der Waals surface area contributed by atoms with Gasteiger partial charge in [-0.05, 0) is 23.8 Å². The molecule has 0 fully saturated rings. The molecule has 2 N–H and O–H groups in total. The van der Waals surface area contributed by atoms with Gasteiger partial charge in [0.25, 0.3) is 0 Å². The predicted molar refractivity (Wildman–Crippen MR) is 105 cm³/mol. The van der Waals surface area contributed by atoms with Gasteiger partial charge in [-0.3, -0.25) is 4.79 Å². The molecule has 2 heterocycles. The molecule has 8 heteroatoms. The van der Waals surface area contributed by atoms with E-state index in [1.165, 1.54) is 11.8 Å². The van der Waals surface area contributed by atoms with Crippen LogP contribution in [0, 0.1) is 0 Å². The minimum atomic E-state index is -0.0943. The lowest BCUT2D eigenvalue weighted by Crippen LogP contribution is -2.24. The fourth-order valence-corrected chi connectivity index (χ4v) is 3.35. The molecule has 0 aliphatic rings. The summed E-state index contributed by atoms with van der Waals surface area (Å²) in [7, 11) is 1.62. The Balaban J connectivity index is 1.37. The number of hydrogen-bond acceptors (Lipinski definition) is 6. The number of methoxy groups -OCH3 is 1. The second-order valence-electron chi connectivity index (χ2n) is 5.88. The summed E-state index contributed by atoms with van der Waals surface area (Å²) >= 11 is 1.25. The van der Waals surface area contributed by atoms with Gasteiger partial charge in [-0.15, -0.1) is 10.2 Å². The monoisotopic (exact) mass is 379 g/mol. The molecule has 27 heavy (non-hydrogen) atoms. The van der Waals surface area contributed by atoms with Gasteiger partial charge in [-0.1, -0.05) is 42.1 Å². The van der Waals surface area contributed by atoms with Crippen LogP contribution in [0.25, 0.3) is 22.1 Å². The highest BCUT2D eigenvalue weighted by Gasteiger charge is 2.10. The molecule has 1 amide bonds. The SMILES string of the molecule is COc1cccc(CNC(=O)CSc2nnc3c(n2)[nH]c2ccccc23)c1. The first kappa shape index (κ1) is 17.3. The van der Waals surface area contributed by atoms with Crippen molar-refractivity contribution in [2.24, 2.45) is 0 Å². The van der Waals surface area contributed by atoms with Crippen molar-refractivity contribution in [3.63, 3.8) is 0 Å². The molecule has 0 radical (unpaired) electrons. The Kier molecular flexibility index (Phi) is 4.88. The number of thioether (sulfide) groups is 1. The molecule has 0 saturated carbocycles. The van der Waals surface area contributed by atoms with Crippen LogP contribution >= 0.6 is 11.8 Å². The summed E-state index contributed by atoms with van der Waals surface area (Å²) in [5.41, 5.74) is 3.35. The maximum atomic E-state index is 12.1. The van der Waals surface area contributed by atoms with Crippen molar-refractivity contribution >= 4 is 39.7 Å². The molecular formula is C19H17N5O2S. The molecule has 2 aromatic carbocycles. The van der Waals surface area contributed by atoms with Crippen molar-refractivity contribution in [1.29, 1.82) is 0 Å². The number of fused-ring (bicyclic) bond motifs is 3. The summed E-state index contributed by atoms with van der Waals surface area (Å²) < 4.78 is 5.18. The van der Waals surface area contributed by atoms with Crippen molar-refractivity contribution < 1.29 is 9.53 Å². The number of carbonyl (C=O) groups is 1. The summed E-state index contributed by atoms with van der Waals surface area (Å²) in [5, 5.41) is 12.7. The Labute approximate surface area is 159 Å². The zero-order chi connectivity index (χ0) is 18.6. The van der Waals surface area contributed by atoms with Crippen molar-refractivity contribution in [3.8, 4) is 5.75 Å². The Morgan fingerprint density at radius 3 is 2.96 bits per heavy atom. The van der Waals surface area contributed by atoms with Gasteiger partial charge in [0.05, 0.1) is 12.9 Å². The number of benzene rings is 2. The minimum absolute atomic E-state index is 0.0943. The Morgan fingerprint density at radius 2 is 2.07 bits per heavy atom. The number of aromatic amines is 1. The molecule has 136 valence electrons. The lowest BCUT2D eigenvalue weighted by atomic mass is 10.2. The molecule has 0 aliphatic carbocycles. The predicted octanol–water partition coefficient (Wildman–Crippen LogP) is 2.92. The number of nitrogens with one attached hydrogen (secondary N) is 2. The van der Waals surface area contributed by atoms with Gasteiger partial charge in [0, 0.05) is 17.4 Å². The molecule has 0 bridgehead atoms. The quantitative estimate of drug-likeness (QED) is 0.501. The number of H-pyrrole nitrogens is 1. The third-order valence-corrected chi connectivity index (χ3v) is 4.90. The first-order valence-electron chi connectivity index (χ1n) is 8.36. The molecule has 0 atom stereocenters. The molecule has 0 spiro atoms. The normalized spacial score (nSPS) is 11.0. The third kappa shape index (κ3) is 3.85. The van der Waals surface area contributed by atoms with Crippen molar-refractivity contribution in [3.05, 3.63) is 54.1 Å². The highest BCUT2D eigenvalue weighted by Crippen LogP contribution is 2.23. The van der Waals surface area contributed by atoms with E-state index in [0.29, 0.717) is 17.3 Å². The zero-order valence-corrected chi connectivity index (χ0v) is 15.4. The minimum Gasteiger partial charge on any atom is -0.497 e. The second kappa shape index (κ2) is 7.63. The smallest absolute Gasteiger partial charge is 0.230 e. The molecule has 4 rings (SSSR count). The first-order chi connectivity index (χ1) is 13.2. The number of nitrogens with zero attached hydrogens (tertiary/aromatic N) is 3. The Hall–Kier alpha value is -3.13. The Bertz CT molecular complexity index is 1110. The van der Waals surface area contributed by atoms with Crippen LogP contribution in [-0.2, 0) is 11.3 Å². The van der Waals surface area contributed by atoms with Crippen LogP contribution < -0.4 is 10.1 Å². The van der Waals surface area contributed by atoms with E-state index in [9.17, 15) is 4.79 Å². The fraction of sp³-hybridized carbons (Fsp3) is 0.158. The number of hydrogen-bond donors (Lipinski definition) is 2. The number of amides is 1. The lowest BCUT2D eigenvalue weighted by Gasteiger charge is -2.06. The first-order valence-corrected chi connectivity index (χ1v) is 9.35. The number of para-hydroxylation sites is 1. The zero-order valence-electron chi connectivity index (χ0n) is 14.6.